The van der Waals surface area contributed by atoms with Crippen LogP contribution in [0.4, 0.5) is 0 Å². The van der Waals surface area contributed by atoms with Crippen LogP contribution in [0.1, 0.15) is 41.6 Å². The Morgan fingerprint density at radius 2 is 1.68 bits per heavy atom. The number of nitrogens with zero attached hydrogens (tertiary/aromatic N) is 2. The largest absolute Gasteiger partial charge is 0.490 e. The number of hydrogen-bond acceptors (Lipinski definition) is 6. The number of benzene rings is 2. The van der Waals surface area contributed by atoms with Crippen molar-refractivity contribution in [3.05, 3.63) is 69.8 Å². The molecule has 3 aliphatic rings. The van der Waals surface area contributed by atoms with Gasteiger partial charge in [-0.25, -0.2) is 10.0 Å². The Bertz CT molecular complexity index is 1380. The number of piperidine rings is 2. The number of likely N-dealkylation sites (tertiary alicyclic amines) is 1. The highest BCUT2D eigenvalue weighted by atomic mass is 35.5. The quantitative estimate of drug-likeness (QED) is 0.508. The monoisotopic (exact) mass is 578 g/mol. The van der Waals surface area contributed by atoms with Crippen LogP contribution in [0.2, 0.25) is 10.0 Å². The maximum atomic E-state index is 14.0. The molecule has 12 heteroatoms. The van der Waals surface area contributed by atoms with Crippen molar-refractivity contribution in [2.24, 2.45) is 0 Å². The molecule has 3 heterocycles. The van der Waals surface area contributed by atoms with Crippen LogP contribution >= 0.6 is 23.2 Å². The van der Waals surface area contributed by atoms with Gasteiger partial charge in [-0.3, -0.25) is 9.59 Å². The first-order valence-electron chi connectivity index (χ1n) is 12.5. The topological polar surface area (TPSA) is 116 Å². The summed E-state index contributed by atoms with van der Waals surface area (Å²) in [4.78, 5) is 25.5. The Balaban J connectivity index is 1.37. The normalized spacial score (nSPS) is 24.1. The van der Waals surface area contributed by atoms with Crippen molar-refractivity contribution in [3.63, 3.8) is 0 Å². The zero-order chi connectivity index (χ0) is 26.9. The Labute approximate surface area is 231 Å². The van der Waals surface area contributed by atoms with Crippen LogP contribution < -0.4 is 20.1 Å². The summed E-state index contributed by atoms with van der Waals surface area (Å²) in [7, 11) is -4.17. The number of ether oxygens (including phenoxy) is 1. The van der Waals surface area contributed by atoms with Crippen molar-refractivity contribution in [2.75, 3.05) is 26.2 Å². The molecule has 0 bridgehead atoms. The Kier molecular flexibility index (Phi) is 7.70. The highest BCUT2D eigenvalue weighted by Crippen LogP contribution is 2.35. The fourth-order valence-electron chi connectivity index (χ4n) is 5.53. The molecule has 0 spiro atoms. The van der Waals surface area contributed by atoms with E-state index in [2.05, 4.69) is 15.4 Å². The van der Waals surface area contributed by atoms with Gasteiger partial charge in [-0.2, -0.15) is 12.3 Å². The van der Waals surface area contributed by atoms with Crippen molar-refractivity contribution in [2.45, 2.75) is 37.8 Å². The highest BCUT2D eigenvalue weighted by Gasteiger charge is 2.52. The van der Waals surface area contributed by atoms with Crippen molar-refractivity contribution in [1.82, 2.24) is 15.4 Å². The SMILES string of the molecule is O=C(NS(=O)(=O)[N+]1(C2CCNCC2)CCC(Oc2ccc(Cl)c(Cl)c2)CC1)C1=C[N]C(=O)c2ccccc21. The van der Waals surface area contributed by atoms with Gasteiger partial charge >= 0.3 is 10.2 Å². The molecule has 0 saturated carbocycles. The molecular formula is C26H28Cl2N4O5S+. The molecule has 0 unspecified atom stereocenters. The molecule has 38 heavy (non-hydrogen) atoms. The molecule has 3 aliphatic heterocycles. The number of amides is 2. The number of rotatable bonds is 6. The second-order valence-corrected chi connectivity index (χ2v) is 12.4. The van der Waals surface area contributed by atoms with Crippen LogP contribution in [0, 0.1) is 0 Å². The van der Waals surface area contributed by atoms with E-state index in [0.717, 1.165) is 6.20 Å². The van der Waals surface area contributed by atoms with Crippen LogP contribution in [-0.4, -0.2) is 62.4 Å². The van der Waals surface area contributed by atoms with Gasteiger partial charge in [-0.15, -0.1) is 0 Å². The second kappa shape index (κ2) is 10.9. The van der Waals surface area contributed by atoms with Gasteiger partial charge in [0, 0.05) is 62.2 Å². The number of nitrogens with one attached hydrogen (secondary N) is 2. The molecule has 2 saturated heterocycles. The van der Waals surface area contributed by atoms with E-state index in [-0.39, 0.29) is 40.3 Å². The van der Waals surface area contributed by atoms with Gasteiger partial charge in [0.25, 0.3) is 11.8 Å². The highest BCUT2D eigenvalue weighted by molar-refractivity contribution is 7.84. The van der Waals surface area contributed by atoms with Crippen LogP contribution in [0.3, 0.4) is 0 Å². The summed E-state index contributed by atoms with van der Waals surface area (Å²) in [6, 6.07) is 11.4. The lowest BCUT2D eigenvalue weighted by Gasteiger charge is -2.47. The number of hydrogen-bond donors (Lipinski definition) is 2. The molecular weight excluding hydrogens is 551 g/mol. The summed E-state index contributed by atoms with van der Waals surface area (Å²) >= 11 is 12.1. The number of halogens is 2. The molecule has 2 fully saturated rings. The van der Waals surface area contributed by atoms with Gasteiger partial charge in [0.15, 0.2) is 0 Å². The minimum atomic E-state index is -4.17. The molecule has 2 aromatic rings. The smallest absolute Gasteiger partial charge is 0.396 e. The lowest BCUT2D eigenvalue weighted by molar-refractivity contribution is -0.841. The summed E-state index contributed by atoms with van der Waals surface area (Å²) in [6.07, 6.45) is 3.24. The molecule has 5 rings (SSSR count). The standard InChI is InChI=1S/C26H27Cl2N4O5S/c27-23-6-5-19(15-24(23)28)37-18-9-13-32(14-10-18,17-7-11-29-12-8-17)38(35,36)31-26(34)22-16-30-25(33)21-4-2-1-3-20(21)22/h1-6,15-18,29H,7-14H2/p+1. The Hall–Kier alpha value is -2.63. The molecule has 2 amide bonds. The molecule has 0 aliphatic carbocycles. The summed E-state index contributed by atoms with van der Waals surface area (Å²) in [6.45, 7) is 1.99. The first-order chi connectivity index (χ1) is 18.2. The van der Waals surface area contributed by atoms with E-state index in [1.54, 1.807) is 42.5 Å². The zero-order valence-electron chi connectivity index (χ0n) is 20.5. The van der Waals surface area contributed by atoms with Gasteiger partial charge in [0.2, 0.25) is 0 Å². The summed E-state index contributed by atoms with van der Waals surface area (Å²) < 4.78 is 36.2. The van der Waals surface area contributed by atoms with Gasteiger partial charge in [0.1, 0.15) is 17.9 Å². The average Bonchev–Trinajstić information content (AvgIpc) is 2.92. The predicted molar refractivity (Wildman–Crippen MR) is 144 cm³/mol. The van der Waals surface area contributed by atoms with E-state index >= 15 is 0 Å². The van der Waals surface area contributed by atoms with Crippen molar-refractivity contribution < 1.29 is 26.6 Å². The number of carbonyl (C=O) groups is 2. The Morgan fingerprint density at radius 3 is 2.37 bits per heavy atom. The van der Waals surface area contributed by atoms with Crippen molar-refractivity contribution in [3.8, 4) is 5.75 Å². The molecule has 0 atom stereocenters. The van der Waals surface area contributed by atoms with E-state index in [1.165, 1.54) is 0 Å². The average molecular weight is 580 g/mol. The molecule has 201 valence electrons. The number of quaternary nitrogens is 1. The molecule has 2 N–H and O–H groups in total. The predicted octanol–water partition coefficient (Wildman–Crippen LogP) is 3.26. The fourth-order valence-corrected chi connectivity index (χ4v) is 7.64. The van der Waals surface area contributed by atoms with Gasteiger partial charge in [-0.1, -0.05) is 41.4 Å². The first-order valence-corrected chi connectivity index (χ1v) is 14.7. The molecule has 2 aromatic carbocycles. The lowest BCUT2D eigenvalue weighted by Crippen LogP contribution is -2.68. The third-order valence-electron chi connectivity index (χ3n) is 7.53. The first kappa shape index (κ1) is 27.0. The minimum Gasteiger partial charge on any atom is -0.490 e. The Morgan fingerprint density at radius 1 is 1.00 bits per heavy atom. The minimum absolute atomic E-state index is 0.0464. The zero-order valence-corrected chi connectivity index (χ0v) is 22.9. The maximum absolute atomic E-state index is 14.0. The van der Waals surface area contributed by atoms with Crippen molar-refractivity contribution >= 4 is 50.8 Å². The van der Waals surface area contributed by atoms with E-state index in [9.17, 15) is 18.0 Å². The molecule has 0 aromatic heterocycles. The fraction of sp³-hybridized carbons (Fsp3) is 0.385. The van der Waals surface area contributed by atoms with Gasteiger partial charge in [0.05, 0.1) is 28.7 Å². The van der Waals surface area contributed by atoms with Crippen LogP contribution in [0.25, 0.3) is 5.57 Å². The van der Waals surface area contributed by atoms with E-state index in [1.807, 2.05) is 0 Å². The third-order valence-corrected chi connectivity index (χ3v) is 10.3. The molecule has 9 nitrogen and oxygen atoms in total. The van der Waals surface area contributed by atoms with E-state index in [0.29, 0.717) is 60.1 Å². The second-order valence-electron chi connectivity index (χ2n) is 9.70. The van der Waals surface area contributed by atoms with E-state index < -0.39 is 22.0 Å². The van der Waals surface area contributed by atoms with Crippen molar-refractivity contribution in [1.29, 1.82) is 0 Å². The summed E-state index contributed by atoms with van der Waals surface area (Å²) in [5, 5.41) is 7.88. The number of carbonyl (C=O) groups excluding carboxylic acids is 2. The molecule has 1 radical (unpaired) electrons. The maximum Gasteiger partial charge on any atom is 0.396 e. The van der Waals surface area contributed by atoms with Crippen LogP contribution in [0.5, 0.6) is 5.75 Å². The lowest BCUT2D eigenvalue weighted by atomic mass is 9.97. The third kappa shape index (κ3) is 5.15. The van der Waals surface area contributed by atoms with Crippen LogP contribution in [0.15, 0.2) is 48.7 Å². The van der Waals surface area contributed by atoms with Crippen LogP contribution in [-0.2, 0) is 15.0 Å². The summed E-state index contributed by atoms with van der Waals surface area (Å²) in [5.41, 5.74) is 0.674. The van der Waals surface area contributed by atoms with E-state index in [4.69, 9.17) is 27.9 Å². The van der Waals surface area contributed by atoms with Gasteiger partial charge < -0.3 is 10.1 Å². The summed E-state index contributed by atoms with van der Waals surface area (Å²) in [5.74, 6) is -0.694. The van der Waals surface area contributed by atoms with Gasteiger partial charge in [-0.05, 0) is 18.2 Å². The number of fused-ring (bicyclic) bond motifs is 1.